The number of nitrogens with zero attached hydrogens (tertiary/aromatic N) is 1. The Hall–Kier alpha value is -1.14. The number of rotatable bonds is 9. The Kier molecular flexibility index (Phi) is 9.37. The number of likely N-dealkylation sites (N-methyl/N-ethyl adjacent to an activating group) is 1. The molecule has 0 unspecified atom stereocenters. The Balaban J connectivity index is 3.61. The lowest BCUT2D eigenvalue weighted by molar-refractivity contribution is -0.129. The van der Waals surface area contributed by atoms with E-state index in [9.17, 15) is 9.59 Å². The van der Waals surface area contributed by atoms with E-state index in [1.807, 2.05) is 13.8 Å². The molecule has 0 aliphatic carbocycles. The monoisotopic (exact) mass is 245 g/mol. The highest BCUT2D eigenvalue weighted by Crippen LogP contribution is 1.86. The standard InChI is InChI=1S/C11H23N3O3/c1-4-14(5-2)11(16)9-12-8-10(15)13-6-7-17-3/h12H,4-9H2,1-3H3,(H,13,15). The van der Waals surface area contributed by atoms with Gasteiger partial charge in [-0.3, -0.25) is 14.9 Å². The van der Waals surface area contributed by atoms with Crippen LogP contribution in [0.2, 0.25) is 0 Å². The Morgan fingerprint density at radius 3 is 2.35 bits per heavy atom. The first-order chi connectivity index (χ1) is 8.15. The van der Waals surface area contributed by atoms with Crippen LogP contribution in [0, 0.1) is 0 Å². The summed E-state index contributed by atoms with van der Waals surface area (Å²) in [6.45, 7) is 6.56. The summed E-state index contributed by atoms with van der Waals surface area (Å²) in [4.78, 5) is 24.5. The molecule has 17 heavy (non-hydrogen) atoms. The van der Waals surface area contributed by atoms with Crippen molar-refractivity contribution in [3.05, 3.63) is 0 Å². The van der Waals surface area contributed by atoms with Crippen LogP contribution in [-0.2, 0) is 14.3 Å². The van der Waals surface area contributed by atoms with Gasteiger partial charge in [-0.2, -0.15) is 0 Å². The van der Waals surface area contributed by atoms with E-state index >= 15 is 0 Å². The summed E-state index contributed by atoms with van der Waals surface area (Å²) in [5.74, 6) is -0.117. The molecular formula is C11H23N3O3. The highest BCUT2D eigenvalue weighted by molar-refractivity contribution is 5.81. The number of nitrogens with one attached hydrogen (secondary N) is 2. The fourth-order valence-electron chi connectivity index (χ4n) is 1.33. The molecule has 0 spiro atoms. The van der Waals surface area contributed by atoms with Crippen LogP contribution in [0.5, 0.6) is 0 Å². The van der Waals surface area contributed by atoms with Crippen LogP contribution in [0.1, 0.15) is 13.8 Å². The van der Waals surface area contributed by atoms with Crippen LogP contribution in [0.3, 0.4) is 0 Å². The maximum atomic E-state index is 11.6. The Morgan fingerprint density at radius 2 is 1.82 bits per heavy atom. The molecule has 0 radical (unpaired) electrons. The van der Waals surface area contributed by atoms with Crippen molar-refractivity contribution in [3.63, 3.8) is 0 Å². The van der Waals surface area contributed by atoms with Crippen molar-refractivity contribution in [1.29, 1.82) is 0 Å². The number of amides is 2. The molecule has 0 fully saturated rings. The molecule has 2 amide bonds. The van der Waals surface area contributed by atoms with Gasteiger partial charge in [0.1, 0.15) is 0 Å². The van der Waals surface area contributed by atoms with E-state index in [1.165, 1.54) is 0 Å². The summed E-state index contributed by atoms with van der Waals surface area (Å²) < 4.78 is 4.80. The van der Waals surface area contributed by atoms with Gasteiger partial charge in [0.2, 0.25) is 11.8 Å². The minimum Gasteiger partial charge on any atom is -0.383 e. The van der Waals surface area contributed by atoms with Gasteiger partial charge in [-0.25, -0.2) is 0 Å². The van der Waals surface area contributed by atoms with Crippen LogP contribution < -0.4 is 10.6 Å². The SMILES string of the molecule is CCN(CC)C(=O)CNCC(=O)NCCOC. The van der Waals surface area contributed by atoms with Gasteiger partial charge in [0.05, 0.1) is 19.7 Å². The molecule has 6 heteroatoms. The van der Waals surface area contributed by atoms with Crippen LogP contribution >= 0.6 is 0 Å². The smallest absolute Gasteiger partial charge is 0.236 e. The molecule has 100 valence electrons. The first-order valence-electron chi connectivity index (χ1n) is 5.89. The second-order valence-corrected chi connectivity index (χ2v) is 3.51. The second kappa shape index (κ2) is 10.0. The summed E-state index contributed by atoms with van der Waals surface area (Å²) in [6, 6.07) is 0. The third kappa shape index (κ3) is 7.70. The van der Waals surface area contributed by atoms with E-state index in [0.29, 0.717) is 26.2 Å². The van der Waals surface area contributed by atoms with Gasteiger partial charge in [-0.15, -0.1) is 0 Å². The highest BCUT2D eigenvalue weighted by atomic mass is 16.5. The maximum Gasteiger partial charge on any atom is 0.236 e. The van der Waals surface area contributed by atoms with Crippen LogP contribution in [0.15, 0.2) is 0 Å². The minimum atomic E-state index is -0.130. The number of methoxy groups -OCH3 is 1. The molecule has 0 atom stereocenters. The third-order valence-electron chi connectivity index (χ3n) is 2.31. The van der Waals surface area contributed by atoms with E-state index < -0.39 is 0 Å². The van der Waals surface area contributed by atoms with Crippen molar-refractivity contribution in [3.8, 4) is 0 Å². The first-order valence-corrected chi connectivity index (χ1v) is 5.89. The fourth-order valence-corrected chi connectivity index (χ4v) is 1.33. The topological polar surface area (TPSA) is 70.7 Å². The third-order valence-corrected chi connectivity index (χ3v) is 2.31. The zero-order chi connectivity index (χ0) is 13.1. The van der Waals surface area contributed by atoms with Crippen molar-refractivity contribution in [2.75, 3.05) is 46.4 Å². The first kappa shape index (κ1) is 15.9. The van der Waals surface area contributed by atoms with Gasteiger partial charge in [0.25, 0.3) is 0 Å². The number of hydrogen-bond acceptors (Lipinski definition) is 4. The van der Waals surface area contributed by atoms with E-state index in [4.69, 9.17) is 4.74 Å². The molecule has 0 aromatic rings. The molecule has 0 heterocycles. The number of ether oxygens (including phenoxy) is 1. The molecule has 0 aliphatic rings. The van der Waals surface area contributed by atoms with Crippen molar-refractivity contribution in [2.45, 2.75) is 13.8 Å². The van der Waals surface area contributed by atoms with E-state index in [-0.39, 0.29) is 24.9 Å². The number of carbonyl (C=O) groups excluding carboxylic acids is 2. The Bertz CT molecular complexity index is 230. The molecule has 0 bridgehead atoms. The van der Waals surface area contributed by atoms with Crippen molar-refractivity contribution < 1.29 is 14.3 Å². The van der Waals surface area contributed by atoms with Crippen LogP contribution in [-0.4, -0.2) is 63.2 Å². The van der Waals surface area contributed by atoms with Crippen molar-refractivity contribution in [2.24, 2.45) is 0 Å². The lowest BCUT2D eigenvalue weighted by Gasteiger charge is -2.18. The predicted octanol–water partition coefficient (Wildman–Crippen LogP) is -0.793. The van der Waals surface area contributed by atoms with Crippen LogP contribution in [0.4, 0.5) is 0 Å². The predicted molar refractivity (Wildman–Crippen MR) is 65.7 cm³/mol. The van der Waals surface area contributed by atoms with Gasteiger partial charge < -0.3 is 15.0 Å². The molecule has 0 saturated carbocycles. The van der Waals surface area contributed by atoms with E-state index in [1.54, 1.807) is 12.0 Å². The van der Waals surface area contributed by atoms with Crippen LogP contribution in [0.25, 0.3) is 0 Å². The summed E-state index contributed by atoms with van der Waals surface area (Å²) in [6.07, 6.45) is 0. The summed E-state index contributed by atoms with van der Waals surface area (Å²) >= 11 is 0. The molecule has 0 aromatic carbocycles. The average molecular weight is 245 g/mol. The molecule has 6 nitrogen and oxygen atoms in total. The Labute approximate surface area is 103 Å². The molecule has 0 aromatic heterocycles. The number of carbonyl (C=O) groups is 2. The van der Waals surface area contributed by atoms with E-state index in [2.05, 4.69) is 10.6 Å². The van der Waals surface area contributed by atoms with Gasteiger partial charge in [-0.1, -0.05) is 0 Å². The Morgan fingerprint density at radius 1 is 1.18 bits per heavy atom. The lowest BCUT2D eigenvalue weighted by Crippen LogP contribution is -2.42. The maximum absolute atomic E-state index is 11.6. The molecule has 2 N–H and O–H groups in total. The lowest BCUT2D eigenvalue weighted by atomic mass is 10.4. The van der Waals surface area contributed by atoms with Gasteiger partial charge in [0, 0.05) is 26.7 Å². The average Bonchev–Trinajstić information content (AvgIpc) is 2.31. The molecule has 0 rings (SSSR count). The minimum absolute atomic E-state index is 0.0136. The molecular weight excluding hydrogens is 222 g/mol. The summed E-state index contributed by atoms with van der Waals surface area (Å²) in [5.41, 5.74) is 0. The molecule has 0 saturated heterocycles. The highest BCUT2D eigenvalue weighted by Gasteiger charge is 2.09. The second-order valence-electron chi connectivity index (χ2n) is 3.51. The fraction of sp³-hybridized carbons (Fsp3) is 0.818. The number of hydrogen-bond donors (Lipinski definition) is 2. The van der Waals surface area contributed by atoms with Crippen molar-refractivity contribution in [1.82, 2.24) is 15.5 Å². The quantitative estimate of drug-likeness (QED) is 0.522. The van der Waals surface area contributed by atoms with Crippen molar-refractivity contribution >= 4 is 11.8 Å². The summed E-state index contributed by atoms with van der Waals surface area (Å²) in [5, 5.41) is 5.48. The zero-order valence-electron chi connectivity index (χ0n) is 10.9. The van der Waals surface area contributed by atoms with E-state index in [0.717, 1.165) is 0 Å². The summed E-state index contributed by atoms with van der Waals surface area (Å²) in [7, 11) is 1.58. The zero-order valence-corrected chi connectivity index (χ0v) is 10.9. The van der Waals surface area contributed by atoms with Gasteiger partial charge in [0.15, 0.2) is 0 Å². The normalized spacial score (nSPS) is 10.1. The van der Waals surface area contributed by atoms with Gasteiger partial charge in [-0.05, 0) is 13.8 Å². The molecule has 0 aliphatic heterocycles. The van der Waals surface area contributed by atoms with Gasteiger partial charge >= 0.3 is 0 Å². The largest absolute Gasteiger partial charge is 0.383 e.